The Balaban J connectivity index is 0.000000142. The van der Waals surface area contributed by atoms with Crippen LogP contribution in [0.15, 0.2) is 22.3 Å². The lowest BCUT2D eigenvalue weighted by molar-refractivity contribution is -0.119. The molecule has 8 rings (SSSR count). The Bertz CT molecular complexity index is 1290. The van der Waals surface area contributed by atoms with Crippen molar-refractivity contribution in [2.24, 2.45) is 57.2 Å². The van der Waals surface area contributed by atoms with E-state index in [9.17, 15) is 19.8 Å². The van der Waals surface area contributed by atoms with Crippen LogP contribution >= 0.6 is 23.2 Å². The summed E-state index contributed by atoms with van der Waals surface area (Å²) in [5, 5.41) is 21.7. The number of Topliss-reactive ketones (excluding diaryl/α,β-unsaturated/α-hetero) is 1. The maximum atomic E-state index is 12.0. The summed E-state index contributed by atoms with van der Waals surface area (Å²) >= 11 is 13.1. The van der Waals surface area contributed by atoms with E-state index >= 15 is 0 Å². The van der Waals surface area contributed by atoms with E-state index in [0.29, 0.717) is 59.2 Å². The zero-order valence-electron chi connectivity index (χ0n) is 27.3. The van der Waals surface area contributed by atoms with Crippen LogP contribution in [0.25, 0.3) is 0 Å². The van der Waals surface area contributed by atoms with Gasteiger partial charge in [-0.25, -0.2) is 0 Å². The van der Waals surface area contributed by atoms with E-state index in [4.69, 9.17) is 23.2 Å². The van der Waals surface area contributed by atoms with E-state index in [0.717, 1.165) is 64.2 Å². The zero-order valence-corrected chi connectivity index (χ0v) is 28.9. The van der Waals surface area contributed by atoms with Gasteiger partial charge in [-0.05, 0) is 152 Å². The highest BCUT2D eigenvalue weighted by Gasteiger charge is 2.62. The van der Waals surface area contributed by atoms with E-state index in [1.54, 1.807) is 0 Å². The summed E-state index contributed by atoms with van der Waals surface area (Å²) in [4.78, 5) is 23.8. The van der Waals surface area contributed by atoms with E-state index in [1.807, 2.05) is 6.08 Å². The largest absolute Gasteiger partial charge is 0.393 e. The Morgan fingerprint density at radius 2 is 1.36 bits per heavy atom. The molecule has 0 aromatic carbocycles. The predicted molar refractivity (Wildman–Crippen MR) is 175 cm³/mol. The van der Waals surface area contributed by atoms with E-state index in [2.05, 4.69) is 27.7 Å². The molecule has 0 aromatic rings. The first-order valence-corrected chi connectivity index (χ1v) is 18.7. The average molecular weight is 646 g/mol. The van der Waals surface area contributed by atoms with Gasteiger partial charge in [0.05, 0.1) is 17.2 Å². The van der Waals surface area contributed by atoms with Crippen LogP contribution in [-0.2, 0) is 9.59 Å². The molecule has 0 bridgehead atoms. The number of hydrogen-bond acceptors (Lipinski definition) is 4. The summed E-state index contributed by atoms with van der Waals surface area (Å²) < 4.78 is 0. The van der Waals surface area contributed by atoms with Gasteiger partial charge < -0.3 is 10.2 Å². The van der Waals surface area contributed by atoms with Crippen molar-refractivity contribution in [3.05, 3.63) is 22.3 Å². The van der Waals surface area contributed by atoms with Crippen LogP contribution in [-0.4, -0.2) is 39.4 Å². The second-order valence-corrected chi connectivity index (χ2v) is 18.3. The lowest BCUT2D eigenvalue weighted by Gasteiger charge is -2.58. The van der Waals surface area contributed by atoms with Crippen LogP contribution in [0.1, 0.15) is 124 Å². The van der Waals surface area contributed by atoms with Crippen molar-refractivity contribution in [2.75, 3.05) is 0 Å². The molecule has 6 saturated carbocycles. The van der Waals surface area contributed by atoms with Gasteiger partial charge in [0, 0.05) is 18.2 Å². The standard InChI is InChI=1S/2C19H27ClO2/c1-18-7-5-12(21)9-11(18)3-4-13-14(18)6-8-19(2)16(22)10-15(20)17(13)19;1-18-10-8-15(21)17(20)14(18)4-3-11-12-5-6-16(22)19(12,2)9-7-13(11)18/h9,13-17,22H,3-8,10H2,1-2H3;11-13,16,22H,3-10H2,1-2H3/t13-,14+,15?,16+,17-,18+,19-;11-,12-,13-,16-,18+,19-/m10/s1. The topological polar surface area (TPSA) is 74.6 Å². The molecule has 0 radical (unpaired) electrons. The number of rotatable bonds is 0. The SMILES string of the molecule is C[C@]12CC[C@H]3[C@@H](CCC4=C(Cl)C(=O)CC[C@@]43C)[C@@H]1CC[C@@H]2O.C[C@]12CC[C@H]3[C@@H](CCC4=CC(=O)CC[C@@]43C)[C@@H]1C(Cl)C[C@@H]2O. The molecule has 4 nitrogen and oxygen atoms in total. The highest BCUT2D eigenvalue weighted by Crippen LogP contribution is 2.67. The molecule has 44 heavy (non-hydrogen) atoms. The number of carbonyl (C=O) groups is 2. The summed E-state index contributed by atoms with van der Waals surface area (Å²) in [6.45, 7) is 9.33. The van der Waals surface area contributed by atoms with Crippen LogP contribution in [0.4, 0.5) is 0 Å². The molecular formula is C38H54Cl2O4. The molecule has 6 fully saturated rings. The van der Waals surface area contributed by atoms with Crippen molar-refractivity contribution in [2.45, 2.75) is 142 Å². The summed E-state index contributed by atoms with van der Waals surface area (Å²) in [6.07, 6.45) is 16.8. The molecule has 1 unspecified atom stereocenters. The summed E-state index contributed by atoms with van der Waals surface area (Å²) in [6, 6.07) is 0. The smallest absolute Gasteiger partial charge is 0.174 e. The normalized spacial score (nSPS) is 52.8. The van der Waals surface area contributed by atoms with Crippen molar-refractivity contribution in [3.8, 4) is 0 Å². The molecule has 8 aliphatic rings. The number of aliphatic hydroxyl groups is 2. The number of carbonyl (C=O) groups excluding carboxylic acids is 2. The van der Waals surface area contributed by atoms with Gasteiger partial charge in [0.15, 0.2) is 11.6 Å². The van der Waals surface area contributed by atoms with Crippen LogP contribution in [0.3, 0.4) is 0 Å². The minimum atomic E-state index is -0.237. The minimum absolute atomic E-state index is 0.00957. The molecule has 0 aromatic heterocycles. The number of halogens is 2. The molecule has 244 valence electrons. The number of ketones is 2. The summed E-state index contributed by atoms with van der Waals surface area (Å²) in [5.41, 5.74) is 3.13. The lowest BCUT2D eigenvalue weighted by atomic mass is 9.47. The van der Waals surface area contributed by atoms with Crippen molar-refractivity contribution < 1.29 is 19.8 Å². The Morgan fingerprint density at radius 3 is 2.11 bits per heavy atom. The van der Waals surface area contributed by atoms with Gasteiger partial charge in [0.2, 0.25) is 0 Å². The van der Waals surface area contributed by atoms with Crippen molar-refractivity contribution >= 4 is 34.8 Å². The van der Waals surface area contributed by atoms with Gasteiger partial charge in [0.1, 0.15) is 0 Å². The third kappa shape index (κ3) is 4.49. The third-order valence-corrected chi connectivity index (χ3v) is 16.8. The highest BCUT2D eigenvalue weighted by atomic mass is 35.5. The molecule has 6 heteroatoms. The molecule has 0 saturated heterocycles. The maximum absolute atomic E-state index is 12.0. The molecular weight excluding hydrogens is 591 g/mol. The van der Waals surface area contributed by atoms with Crippen molar-refractivity contribution in [1.82, 2.24) is 0 Å². The monoisotopic (exact) mass is 644 g/mol. The fourth-order valence-corrected chi connectivity index (χ4v) is 14.2. The van der Waals surface area contributed by atoms with Crippen LogP contribution in [0.2, 0.25) is 0 Å². The highest BCUT2D eigenvalue weighted by molar-refractivity contribution is 6.43. The predicted octanol–water partition coefficient (Wildman–Crippen LogP) is 8.54. The Labute approximate surface area is 274 Å². The van der Waals surface area contributed by atoms with Gasteiger partial charge in [0.25, 0.3) is 0 Å². The molecule has 0 heterocycles. The minimum Gasteiger partial charge on any atom is -0.393 e. The number of allylic oxidation sites excluding steroid dienone is 2. The van der Waals surface area contributed by atoms with Gasteiger partial charge in [-0.3, -0.25) is 9.59 Å². The zero-order chi connectivity index (χ0) is 31.4. The molecule has 13 atom stereocenters. The Hall–Kier alpha value is -0.680. The summed E-state index contributed by atoms with van der Waals surface area (Å²) in [5.74, 6) is 4.21. The average Bonchev–Trinajstić information content (AvgIpc) is 3.42. The first-order valence-electron chi connectivity index (χ1n) is 17.9. The third-order valence-electron chi connectivity index (χ3n) is 15.9. The van der Waals surface area contributed by atoms with E-state index < -0.39 is 0 Å². The fourth-order valence-electron chi connectivity index (χ4n) is 13.2. The number of hydrogen-bond donors (Lipinski definition) is 2. The van der Waals surface area contributed by atoms with E-state index in [-0.39, 0.29) is 45.0 Å². The number of fused-ring (bicyclic) bond motifs is 10. The Morgan fingerprint density at radius 1 is 0.705 bits per heavy atom. The van der Waals surface area contributed by atoms with Gasteiger partial charge in [-0.1, -0.05) is 44.9 Å². The van der Waals surface area contributed by atoms with Gasteiger partial charge in [-0.2, -0.15) is 0 Å². The lowest BCUT2D eigenvalue weighted by Crippen LogP contribution is -2.52. The first kappa shape index (κ1) is 31.9. The molecule has 2 N–H and O–H groups in total. The summed E-state index contributed by atoms with van der Waals surface area (Å²) in [7, 11) is 0. The maximum Gasteiger partial charge on any atom is 0.174 e. The Kier molecular flexibility index (Phi) is 7.92. The first-order chi connectivity index (χ1) is 20.7. The van der Waals surface area contributed by atoms with Crippen LogP contribution < -0.4 is 0 Å². The number of alkyl halides is 1. The molecule has 0 aliphatic heterocycles. The van der Waals surface area contributed by atoms with Crippen molar-refractivity contribution in [1.29, 1.82) is 0 Å². The van der Waals surface area contributed by atoms with Crippen LogP contribution in [0.5, 0.6) is 0 Å². The number of aliphatic hydroxyl groups excluding tert-OH is 2. The quantitative estimate of drug-likeness (QED) is 0.259. The molecule has 0 spiro atoms. The fraction of sp³-hybridized carbons (Fsp3) is 0.842. The molecule has 8 aliphatic carbocycles. The van der Waals surface area contributed by atoms with Crippen LogP contribution in [0, 0.1) is 57.2 Å². The van der Waals surface area contributed by atoms with Crippen molar-refractivity contribution in [3.63, 3.8) is 0 Å². The molecule has 0 amide bonds. The van der Waals surface area contributed by atoms with E-state index in [1.165, 1.54) is 30.4 Å². The van der Waals surface area contributed by atoms with Gasteiger partial charge in [-0.15, -0.1) is 11.6 Å². The second kappa shape index (κ2) is 10.9. The van der Waals surface area contributed by atoms with Gasteiger partial charge >= 0.3 is 0 Å². The second-order valence-electron chi connectivity index (χ2n) is 17.4.